The van der Waals surface area contributed by atoms with Crippen molar-refractivity contribution in [3.05, 3.63) is 29.6 Å². The highest BCUT2D eigenvalue weighted by Crippen LogP contribution is 2.14. The van der Waals surface area contributed by atoms with E-state index in [0.717, 1.165) is 5.56 Å². The van der Waals surface area contributed by atoms with Crippen molar-refractivity contribution in [3.63, 3.8) is 0 Å². The number of nitrogens with one attached hydrogen (secondary N) is 2. The fourth-order valence-corrected chi connectivity index (χ4v) is 1.12. The minimum absolute atomic E-state index is 0.199. The Morgan fingerprint density at radius 3 is 2.69 bits per heavy atom. The SMILES string of the molecule is Cc1ccc(NCC(=O)NC(N)=O)c(F)c1. The van der Waals surface area contributed by atoms with Crippen LogP contribution in [0.5, 0.6) is 0 Å². The van der Waals surface area contributed by atoms with E-state index in [2.05, 4.69) is 5.32 Å². The summed E-state index contributed by atoms with van der Waals surface area (Å²) in [4.78, 5) is 21.3. The normalized spacial score (nSPS) is 9.62. The first-order valence-electron chi connectivity index (χ1n) is 4.58. The van der Waals surface area contributed by atoms with Crippen molar-refractivity contribution in [3.8, 4) is 0 Å². The second kappa shape index (κ2) is 5.11. The van der Waals surface area contributed by atoms with Crippen LogP contribution in [0.25, 0.3) is 0 Å². The van der Waals surface area contributed by atoms with Crippen LogP contribution in [0, 0.1) is 12.7 Å². The molecule has 0 saturated heterocycles. The number of primary amides is 1. The van der Waals surface area contributed by atoms with Gasteiger partial charge in [-0.25, -0.2) is 9.18 Å². The molecule has 1 aromatic rings. The highest BCUT2D eigenvalue weighted by Gasteiger charge is 2.06. The molecule has 0 aliphatic rings. The van der Waals surface area contributed by atoms with Gasteiger partial charge in [0.25, 0.3) is 0 Å². The molecule has 0 saturated carbocycles. The number of nitrogens with two attached hydrogens (primary N) is 1. The van der Waals surface area contributed by atoms with Gasteiger partial charge in [0.2, 0.25) is 5.91 Å². The topological polar surface area (TPSA) is 84.2 Å². The predicted molar refractivity (Wildman–Crippen MR) is 57.4 cm³/mol. The molecule has 0 atom stereocenters. The van der Waals surface area contributed by atoms with E-state index in [9.17, 15) is 14.0 Å². The van der Waals surface area contributed by atoms with Crippen molar-refractivity contribution in [2.75, 3.05) is 11.9 Å². The first-order valence-corrected chi connectivity index (χ1v) is 4.58. The quantitative estimate of drug-likeness (QED) is 0.709. The van der Waals surface area contributed by atoms with Gasteiger partial charge in [-0.2, -0.15) is 0 Å². The molecule has 0 radical (unpaired) electrons. The number of benzene rings is 1. The minimum Gasteiger partial charge on any atom is -0.374 e. The van der Waals surface area contributed by atoms with Crippen LogP contribution < -0.4 is 16.4 Å². The summed E-state index contributed by atoms with van der Waals surface area (Å²) in [6.45, 7) is 1.54. The van der Waals surface area contributed by atoms with Crippen molar-refractivity contribution in [2.24, 2.45) is 5.73 Å². The van der Waals surface area contributed by atoms with Crippen LogP contribution in [-0.4, -0.2) is 18.5 Å². The van der Waals surface area contributed by atoms with Gasteiger partial charge < -0.3 is 11.1 Å². The molecule has 0 unspecified atom stereocenters. The fraction of sp³-hybridized carbons (Fsp3) is 0.200. The van der Waals surface area contributed by atoms with E-state index in [1.54, 1.807) is 13.0 Å². The molecule has 86 valence electrons. The lowest BCUT2D eigenvalue weighted by Crippen LogP contribution is -2.38. The third-order valence-electron chi connectivity index (χ3n) is 1.83. The number of amides is 3. The minimum atomic E-state index is -0.934. The van der Waals surface area contributed by atoms with Crippen molar-refractivity contribution in [1.82, 2.24) is 5.32 Å². The standard InChI is InChI=1S/C10H12FN3O2/c1-6-2-3-8(7(11)4-6)13-5-9(15)14-10(12)16/h2-4,13H,5H2,1H3,(H3,12,14,15,16). The molecule has 0 bridgehead atoms. The number of hydrogen-bond donors (Lipinski definition) is 3. The summed E-state index contributed by atoms with van der Waals surface area (Å²) in [6, 6.07) is 3.63. The lowest BCUT2D eigenvalue weighted by atomic mass is 10.2. The first-order chi connectivity index (χ1) is 7.49. The first kappa shape index (κ1) is 12.0. The van der Waals surface area contributed by atoms with Gasteiger partial charge >= 0.3 is 6.03 Å². The third kappa shape index (κ3) is 3.56. The monoisotopic (exact) mass is 225 g/mol. The lowest BCUT2D eigenvalue weighted by molar-refractivity contribution is -0.118. The maximum absolute atomic E-state index is 13.3. The molecule has 0 spiro atoms. The van der Waals surface area contributed by atoms with E-state index < -0.39 is 17.8 Å². The zero-order valence-electron chi connectivity index (χ0n) is 8.71. The summed E-state index contributed by atoms with van der Waals surface area (Å²) < 4.78 is 13.3. The Morgan fingerprint density at radius 2 is 2.12 bits per heavy atom. The van der Waals surface area contributed by atoms with E-state index in [0.29, 0.717) is 0 Å². The number of urea groups is 1. The number of carbonyl (C=O) groups is 2. The van der Waals surface area contributed by atoms with E-state index in [1.165, 1.54) is 12.1 Å². The second-order valence-corrected chi connectivity index (χ2v) is 3.25. The summed E-state index contributed by atoms with van der Waals surface area (Å²) in [5, 5.41) is 4.41. The molecule has 3 amide bonds. The van der Waals surface area contributed by atoms with Crippen LogP contribution in [0.1, 0.15) is 5.56 Å². The highest BCUT2D eigenvalue weighted by atomic mass is 19.1. The Hall–Kier alpha value is -2.11. The molecule has 0 heterocycles. The van der Waals surface area contributed by atoms with Gasteiger partial charge in [0, 0.05) is 0 Å². The van der Waals surface area contributed by atoms with Crippen molar-refractivity contribution >= 4 is 17.6 Å². The smallest absolute Gasteiger partial charge is 0.318 e. The highest BCUT2D eigenvalue weighted by molar-refractivity contribution is 5.95. The van der Waals surface area contributed by atoms with Crippen molar-refractivity contribution < 1.29 is 14.0 Å². The van der Waals surface area contributed by atoms with Crippen LogP contribution >= 0.6 is 0 Å². The summed E-state index contributed by atoms with van der Waals surface area (Å²) in [7, 11) is 0. The van der Waals surface area contributed by atoms with Crippen LogP contribution in [0.4, 0.5) is 14.9 Å². The van der Waals surface area contributed by atoms with Gasteiger partial charge in [-0.1, -0.05) is 6.07 Å². The van der Waals surface area contributed by atoms with E-state index >= 15 is 0 Å². The summed E-state index contributed by atoms with van der Waals surface area (Å²) >= 11 is 0. The predicted octanol–water partition coefficient (Wildman–Crippen LogP) is 0.741. The Morgan fingerprint density at radius 1 is 1.44 bits per heavy atom. The second-order valence-electron chi connectivity index (χ2n) is 3.25. The van der Waals surface area contributed by atoms with Gasteiger partial charge in [0.15, 0.2) is 0 Å². The number of imide groups is 1. The zero-order chi connectivity index (χ0) is 12.1. The summed E-state index contributed by atoms with van der Waals surface area (Å²) in [5.74, 6) is -1.07. The van der Waals surface area contributed by atoms with Crippen LogP contribution in [-0.2, 0) is 4.79 Å². The number of rotatable bonds is 3. The Kier molecular flexibility index (Phi) is 3.82. The Balaban J connectivity index is 2.54. The molecule has 16 heavy (non-hydrogen) atoms. The fourth-order valence-electron chi connectivity index (χ4n) is 1.12. The molecule has 4 N–H and O–H groups in total. The largest absolute Gasteiger partial charge is 0.374 e. The van der Waals surface area contributed by atoms with Gasteiger partial charge in [-0.05, 0) is 24.6 Å². The van der Waals surface area contributed by atoms with Crippen molar-refractivity contribution in [2.45, 2.75) is 6.92 Å². The summed E-state index contributed by atoms with van der Waals surface area (Å²) in [6.07, 6.45) is 0. The van der Waals surface area contributed by atoms with Gasteiger partial charge in [-0.15, -0.1) is 0 Å². The molecule has 0 fully saturated rings. The molecular formula is C10H12FN3O2. The molecule has 0 aliphatic heterocycles. The zero-order valence-corrected chi connectivity index (χ0v) is 8.71. The molecule has 6 heteroatoms. The number of carbonyl (C=O) groups excluding carboxylic acids is 2. The molecule has 1 rings (SSSR count). The Bertz CT molecular complexity index is 421. The van der Waals surface area contributed by atoms with Gasteiger partial charge in [-0.3, -0.25) is 10.1 Å². The Labute approximate surface area is 91.8 Å². The lowest BCUT2D eigenvalue weighted by Gasteiger charge is -2.07. The maximum Gasteiger partial charge on any atom is 0.318 e. The van der Waals surface area contributed by atoms with Crippen molar-refractivity contribution in [1.29, 1.82) is 0 Å². The number of aryl methyl sites for hydroxylation is 1. The molecular weight excluding hydrogens is 213 g/mol. The van der Waals surface area contributed by atoms with Crippen LogP contribution in [0.2, 0.25) is 0 Å². The number of hydrogen-bond acceptors (Lipinski definition) is 3. The average Bonchev–Trinajstić information content (AvgIpc) is 2.15. The van der Waals surface area contributed by atoms with Crippen LogP contribution in [0.15, 0.2) is 18.2 Å². The van der Waals surface area contributed by atoms with E-state index in [1.807, 2.05) is 5.32 Å². The van der Waals surface area contributed by atoms with E-state index in [-0.39, 0.29) is 12.2 Å². The van der Waals surface area contributed by atoms with E-state index in [4.69, 9.17) is 5.73 Å². The molecule has 0 aliphatic carbocycles. The summed E-state index contributed by atoms with van der Waals surface area (Å²) in [5.41, 5.74) is 5.72. The van der Waals surface area contributed by atoms with Gasteiger partial charge in [0.05, 0.1) is 12.2 Å². The number of halogens is 1. The maximum atomic E-state index is 13.3. The average molecular weight is 225 g/mol. The van der Waals surface area contributed by atoms with Crippen LogP contribution in [0.3, 0.4) is 0 Å². The van der Waals surface area contributed by atoms with Gasteiger partial charge in [0.1, 0.15) is 5.82 Å². The number of anilines is 1. The third-order valence-corrected chi connectivity index (χ3v) is 1.83. The molecule has 5 nitrogen and oxygen atoms in total. The molecule has 1 aromatic carbocycles. The molecule has 0 aromatic heterocycles.